The van der Waals surface area contributed by atoms with Gasteiger partial charge in [-0.2, -0.15) is 0 Å². The molecule has 2 rings (SSSR count). The van der Waals surface area contributed by atoms with Crippen molar-refractivity contribution in [1.29, 1.82) is 0 Å². The van der Waals surface area contributed by atoms with E-state index in [1.807, 2.05) is 19.1 Å². The fraction of sp³-hybridized carbons (Fsp3) is 0.300. The van der Waals surface area contributed by atoms with Gasteiger partial charge in [0.2, 0.25) is 0 Å². The first-order valence-electron chi connectivity index (χ1n) is 4.19. The van der Waals surface area contributed by atoms with Crippen LogP contribution in [0.5, 0.6) is 5.75 Å². The summed E-state index contributed by atoms with van der Waals surface area (Å²) in [6.45, 7) is 1.81. The van der Waals surface area contributed by atoms with Gasteiger partial charge in [0, 0.05) is 11.5 Å². The van der Waals surface area contributed by atoms with Crippen LogP contribution in [-0.2, 0) is 4.79 Å². The molecule has 0 fully saturated rings. The molecule has 0 bridgehead atoms. The van der Waals surface area contributed by atoms with Crippen LogP contribution in [0.4, 0.5) is 0 Å². The molecule has 0 amide bonds. The van der Waals surface area contributed by atoms with Gasteiger partial charge in [0.05, 0.1) is 0 Å². The molecule has 2 unspecified atom stereocenters. The number of aliphatic hydroxyl groups excluding tert-OH is 1. The van der Waals surface area contributed by atoms with Gasteiger partial charge in [0.15, 0.2) is 6.10 Å². The number of rotatable bonds is 0. The van der Waals surface area contributed by atoms with E-state index in [1.54, 1.807) is 12.1 Å². The zero-order valence-electron chi connectivity index (χ0n) is 7.23. The van der Waals surface area contributed by atoms with Crippen LogP contribution in [0.1, 0.15) is 18.4 Å². The number of para-hydroxylation sites is 1. The van der Waals surface area contributed by atoms with E-state index in [1.165, 1.54) is 0 Å². The first kappa shape index (κ1) is 8.26. The number of carbonyl (C=O) groups is 1. The second-order valence-electron chi connectivity index (χ2n) is 3.19. The smallest absolute Gasteiger partial charge is 0.340 e. The number of aliphatic hydroxyl groups is 1. The largest absolute Gasteiger partial charge is 0.424 e. The first-order chi connectivity index (χ1) is 6.20. The molecule has 3 heteroatoms. The van der Waals surface area contributed by atoms with Gasteiger partial charge in [-0.3, -0.25) is 0 Å². The van der Waals surface area contributed by atoms with Crippen LogP contribution in [0, 0.1) is 0 Å². The van der Waals surface area contributed by atoms with Crippen molar-refractivity contribution in [3.05, 3.63) is 29.8 Å². The van der Waals surface area contributed by atoms with Gasteiger partial charge in [0.1, 0.15) is 5.75 Å². The second-order valence-corrected chi connectivity index (χ2v) is 3.19. The van der Waals surface area contributed by atoms with E-state index < -0.39 is 12.1 Å². The number of esters is 1. The van der Waals surface area contributed by atoms with E-state index in [4.69, 9.17) is 4.74 Å². The molecule has 0 aromatic heterocycles. The minimum absolute atomic E-state index is 0.183. The Balaban J connectivity index is 2.49. The molecule has 1 heterocycles. The fourth-order valence-electron chi connectivity index (χ4n) is 1.49. The Kier molecular flexibility index (Phi) is 1.81. The maximum atomic E-state index is 11.1. The van der Waals surface area contributed by atoms with Crippen molar-refractivity contribution < 1.29 is 14.6 Å². The lowest BCUT2D eigenvalue weighted by Gasteiger charge is -2.25. The molecule has 0 saturated heterocycles. The number of hydrogen-bond donors (Lipinski definition) is 1. The third kappa shape index (κ3) is 1.21. The number of carbonyl (C=O) groups excluding carboxylic acids is 1. The van der Waals surface area contributed by atoms with E-state index in [0.29, 0.717) is 5.75 Å². The number of ether oxygens (including phenoxy) is 1. The van der Waals surface area contributed by atoms with E-state index in [-0.39, 0.29) is 5.92 Å². The average molecular weight is 178 g/mol. The van der Waals surface area contributed by atoms with Crippen LogP contribution in [0.3, 0.4) is 0 Å². The molecule has 1 aromatic rings. The van der Waals surface area contributed by atoms with Gasteiger partial charge in [-0.15, -0.1) is 0 Å². The molecule has 1 N–H and O–H groups in total. The fourth-order valence-corrected chi connectivity index (χ4v) is 1.49. The molecule has 13 heavy (non-hydrogen) atoms. The predicted octanol–water partition coefficient (Wildman–Crippen LogP) is 1.07. The first-order valence-corrected chi connectivity index (χ1v) is 4.19. The molecule has 0 aliphatic carbocycles. The van der Waals surface area contributed by atoms with Crippen molar-refractivity contribution in [3.63, 3.8) is 0 Å². The predicted molar refractivity (Wildman–Crippen MR) is 46.5 cm³/mol. The maximum Gasteiger partial charge on any atom is 0.340 e. The second kappa shape index (κ2) is 2.85. The monoisotopic (exact) mass is 178 g/mol. The van der Waals surface area contributed by atoms with Gasteiger partial charge < -0.3 is 9.84 Å². The zero-order chi connectivity index (χ0) is 9.42. The molecule has 68 valence electrons. The van der Waals surface area contributed by atoms with E-state index in [2.05, 4.69) is 0 Å². The topological polar surface area (TPSA) is 46.5 Å². The summed E-state index contributed by atoms with van der Waals surface area (Å²) in [5.74, 6) is -0.186. The summed E-state index contributed by atoms with van der Waals surface area (Å²) < 4.78 is 4.93. The standard InChI is InChI=1S/C10H10O3/c1-6-7-4-2-3-5-8(7)13-10(12)9(6)11/h2-6,9,11H,1H3. The molecule has 1 aliphatic rings. The molecular formula is C10H10O3. The summed E-state index contributed by atoms with van der Waals surface area (Å²) in [5.41, 5.74) is 0.884. The highest BCUT2D eigenvalue weighted by Crippen LogP contribution is 2.33. The summed E-state index contributed by atoms with van der Waals surface area (Å²) in [6, 6.07) is 7.25. The van der Waals surface area contributed by atoms with Crippen LogP contribution in [0.2, 0.25) is 0 Å². The summed E-state index contributed by atoms with van der Waals surface area (Å²) in [4.78, 5) is 11.1. The molecule has 1 aromatic carbocycles. The minimum Gasteiger partial charge on any atom is -0.424 e. The minimum atomic E-state index is -1.03. The van der Waals surface area contributed by atoms with Crippen molar-refractivity contribution in [1.82, 2.24) is 0 Å². The Morgan fingerprint density at radius 3 is 2.85 bits per heavy atom. The molecule has 1 aliphatic heterocycles. The highest BCUT2D eigenvalue weighted by molar-refractivity contribution is 5.80. The van der Waals surface area contributed by atoms with Crippen molar-refractivity contribution in [2.75, 3.05) is 0 Å². The number of fused-ring (bicyclic) bond motifs is 1. The molecule has 0 spiro atoms. The Hall–Kier alpha value is -1.35. The third-order valence-electron chi connectivity index (χ3n) is 2.34. The lowest BCUT2D eigenvalue weighted by molar-refractivity contribution is -0.146. The van der Waals surface area contributed by atoms with Gasteiger partial charge in [-0.05, 0) is 6.07 Å². The van der Waals surface area contributed by atoms with Crippen molar-refractivity contribution in [2.24, 2.45) is 0 Å². The maximum absolute atomic E-state index is 11.1. The summed E-state index contributed by atoms with van der Waals surface area (Å²) in [5, 5.41) is 9.42. The SMILES string of the molecule is CC1c2ccccc2OC(=O)C1O. The quantitative estimate of drug-likeness (QED) is 0.477. The lowest BCUT2D eigenvalue weighted by Crippen LogP contribution is -2.34. The summed E-state index contributed by atoms with van der Waals surface area (Å²) in [7, 11) is 0. The van der Waals surface area contributed by atoms with Crippen LogP contribution in [0.15, 0.2) is 24.3 Å². The van der Waals surface area contributed by atoms with Gasteiger partial charge >= 0.3 is 5.97 Å². The third-order valence-corrected chi connectivity index (χ3v) is 2.34. The Bertz CT molecular complexity index is 346. The molecule has 0 saturated carbocycles. The lowest BCUT2D eigenvalue weighted by atomic mass is 9.92. The van der Waals surface area contributed by atoms with Crippen molar-refractivity contribution in [2.45, 2.75) is 18.9 Å². The van der Waals surface area contributed by atoms with Gasteiger partial charge in [0.25, 0.3) is 0 Å². The Morgan fingerprint density at radius 1 is 1.38 bits per heavy atom. The van der Waals surface area contributed by atoms with Crippen LogP contribution < -0.4 is 4.74 Å². The zero-order valence-corrected chi connectivity index (χ0v) is 7.23. The van der Waals surface area contributed by atoms with E-state index in [9.17, 15) is 9.90 Å². The van der Waals surface area contributed by atoms with E-state index >= 15 is 0 Å². The highest BCUT2D eigenvalue weighted by Gasteiger charge is 2.32. The molecule has 3 nitrogen and oxygen atoms in total. The molecule has 2 atom stereocenters. The summed E-state index contributed by atoms with van der Waals surface area (Å²) >= 11 is 0. The van der Waals surface area contributed by atoms with Crippen molar-refractivity contribution >= 4 is 5.97 Å². The molecular weight excluding hydrogens is 168 g/mol. The Morgan fingerprint density at radius 2 is 2.08 bits per heavy atom. The Labute approximate surface area is 76.0 Å². The molecule has 0 radical (unpaired) electrons. The van der Waals surface area contributed by atoms with E-state index in [0.717, 1.165) is 5.56 Å². The van der Waals surface area contributed by atoms with Gasteiger partial charge in [-0.25, -0.2) is 4.79 Å². The van der Waals surface area contributed by atoms with Crippen LogP contribution >= 0.6 is 0 Å². The highest BCUT2D eigenvalue weighted by atomic mass is 16.6. The normalized spacial score (nSPS) is 26.5. The number of hydrogen-bond acceptors (Lipinski definition) is 3. The average Bonchev–Trinajstić information content (AvgIpc) is 2.15. The van der Waals surface area contributed by atoms with Crippen molar-refractivity contribution in [3.8, 4) is 5.75 Å². The number of benzene rings is 1. The van der Waals surface area contributed by atoms with Crippen LogP contribution in [0.25, 0.3) is 0 Å². The summed E-state index contributed by atoms with van der Waals surface area (Å²) in [6.07, 6.45) is -1.03. The van der Waals surface area contributed by atoms with Crippen LogP contribution in [-0.4, -0.2) is 17.2 Å². The van der Waals surface area contributed by atoms with Gasteiger partial charge in [-0.1, -0.05) is 25.1 Å².